The molecule has 0 bridgehead atoms. The Morgan fingerprint density at radius 2 is 1.52 bits per heavy atom. The second-order valence-corrected chi connectivity index (χ2v) is 5.39. The average Bonchev–Trinajstić information content (AvgIpc) is 2.63. The maximum absolute atomic E-state index is 13.0. The molecule has 0 amide bonds. The van der Waals surface area contributed by atoms with E-state index in [0.717, 1.165) is 0 Å². The van der Waals surface area contributed by atoms with Crippen LogP contribution in [-0.4, -0.2) is 16.9 Å². The summed E-state index contributed by atoms with van der Waals surface area (Å²) in [7, 11) is 0. The van der Waals surface area contributed by atoms with E-state index in [2.05, 4.69) is 5.32 Å². The zero-order valence-corrected chi connectivity index (χ0v) is 13.1. The van der Waals surface area contributed by atoms with Gasteiger partial charge in [-0.2, -0.15) is 0 Å². The summed E-state index contributed by atoms with van der Waals surface area (Å²) in [5, 5.41) is 12.3. The molecule has 0 aliphatic carbocycles. The zero-order valence-electron chi connectivity index (χ0n) is 13.1. The summed E-state index contributed by atoms with van der Waals surface area (Å²) in [4.78, 5) is 24.0. The summed E-state index contributed by atoms with van der Waals surface area (Å²) in [5.74, 6) is -1.72. The van der Waals surface area contributed by atoms with E-state index in [9.17, 15) is 19.1 Å². The molecule has 3 aromatic rings. The molecule has 2 N–H and O–H groups in total. The van der Waals surface area contributed by atoms with E-state index < -0.39 is 11.8 Å². The molecule has 0 unspecified atom stereocenters. The molecule has 4 nitrogen and oxygen atoms in total. The van der Waals surface area contributed by atoms with Gasteiger partial charge in [0.2, 0.25) is 0 Å². The van der Waals surface area contributed by atoms with Gasteiger partial charge >= 0.3 is 5.97 Å². The second kappa shape index (κ2) is 6.97. The molecule has 0 aliphatic rings. The highest BCUT2D eigenvalue weighted by molar-refractivity contribution is 6.10. The lowest BCUT2D eigenvalue weighted by Gasteiger charge is -2.11. The number of nitrogens with one attached hydrogen (secondary N) is 1. The molecule has 0 aliphatic heterocycles. The van der Waals surface area contributed by atoms with Crippen LogP contribution in [0.4, 0.5) is 15.8 Å². The Kier molecular flexibility index (Phi) is 4.57. The van der Waals surface area contributed by atoms with E-state index >= 15 is 0 Å². The van der Waals surface area contributed by atoms with Gasteiger partial charge in [0, 0.05) is 16.8 Å². The Balaban J connectivity index is 1.98. The summed E-state index contributed by atoms with van der Waals surface area (Å²) < 4.78 is 13.0. The van der Waals surface area contributed by atoms with Crippen molar-refractivity contribution in [1.29, 1.82) is 0 Å². The van der Waals surface area contributed by atoms with Crippen LogP contribution in [0.2, 0.25) is 0 Å². The van der Waals surface area contributed by atoms with Crippen molar-refractivity contribution in [3.05, 3.63) is 95.3 Å². The molecule has 5 heteroatoms. The van der Waals surface area contributed by atoms with Crippen LogP contribution in [0.15, 0.2) is 72.8 Å². The standard InChI is InChI=1S/C20H14FNO3/c21-15-7-9-16(10-8-15)22-18-12-14(6-11-17(18)20(24)25)19(23)13-4-2-1-3-5-13/h1-12,22H,(H,24,25). The van der Waals surface area contributed by atoms with Crippen LogP contribution in [-0.2, 0) is 0 Å². The van der Waals surface area contributed by atoms with Crippen LogP contribution in [0.3, 0.4) is 0 Å². The van der Waals surface area contributed by atoms with Gasteiger partial charge in [0.25, 0.3) is 0 Å². The number of hydrogen-bond donors (Lipinski definition) is 2. The average molecular weight is 335 g/mol. The SMILES string of the molecule is O=C(c1ccccc1)c1ccc(C(=O)O)c(Nc2ccc(F)cc2)c1. The van der Waals surface area contributed by atoms with Gasteiger partial charge in [-0.15, -0.1) is 0 Å². The van der Waals surface area contributed by atoms with Crippen molar-refractivity contribution in [3.8, 4) is 0 Å². The molecule has 0 aromatic heterocycles. The Morgan fingerprint density at radius 3 is 2.16 bits per heavy atom. The summed E-state index contributed by atoms with van der Waals surface area (Å²) in [6, 6.07) is 18.6. The van der Waals surface area contributed by atoms with Crippen LogP contribution < -0.4 is 5.32 Å². The van der Waals surface area contributed by atoms with Gasteiger partial charge < -0.3 is 10.4 Å². The predicted octanol–water partition coefficient (Wildman–Crippen LogP) is 4.50. The summed E-state index contributed by atoms with van der Waals surface area (Å²) in [6.45, 7) is 0. The molecule has 0 radical (unpaired) electrons. The number of rotatable bonds is 5. The number of carbonyl (C=O) groups excluding carboxylic acids is 1. The maximum atomic E-state index is 13.0. The normalized spacial score (nSPS) is 10.3. The van der Waals surface area contributed by atoms with Crippen LogP contribution in [0, 0.1) is 5.82 Å². The number of carboxylic acids is 1. The maximum Gasteiger partial charge on any atom is 0.337 e. The molecular formula is C20H14FNO3. The monoisotopic (exact) mass is 335 g/mol. The first kappa shape index (κ1) is 16.4. The third-order valence-corrected chi connectivity index (χ3v) is 3.67. The fourth-order valence-corrected chi connectivity index (χ4v) is 2.42. The zero-order chi connectivity index (χ0) is 17.8. The quantitative estimate of drug-likeness (QED) is 0.674. The van der Waals surface area contributed by atoms with Gasteiger partial charge in [0.05, 0.1) is 11.3 Å². The van der Waals surface area contributed by atoms with Crippen molar-refractivity contribution in [2.24, 2.45) is 0 Å². The topological polar surface area (TPSA) is 66.4 Å². The van der Waals surface area contributed by atoms with Crippen LogP contribution in [0.25, 0.3) is 0 Å². The number of halogens is 1. The molecule has 124 valence electrons. The molecule has 0 saturated heterocycles. The molecule has 25 heavy (non-hydrogen) atoms. The highest BCUT2D eigenvalue weighted by Gasteiger charge is 2.15. The first-order valence-corrected chi connectivity index (χ1v) is 7.54. The Hall–Kier alpha value is -3.47. The van der Waals surface area contributed by atoms with Crippen molar-refractivity contribution in [2.75, 3.05) is 5.32 Å². The van der Waals surface area contributed by atoms with Crippen LogP contribution in [0.5, 0.6) is 0 Å². The third kappa shape index (κ3) is 3.72. The van der Waals surface area contributed by atoms with Crippen molar-refractivity contribution in [1.82, 2.24) is 0 Å². The number of ketones is 1. The lowest BCUT2D eigenvalue weighted by molar-refractivity contribution is 0.0697. The van der Waals surface area contributed by atoms with Crippen molar-refractivity contribution in [3.63, 3.8) is 0 Å². The van der Waals surface area contributed by atoms with E-state index in [0.29, 0.717) is 16.8 Å². The second-order valence-electron chi connectivity index (χ2n) is 5.39. The number of benzene rings is 3. The first-order valence-electron chi connectivity index (χ1n) is 7.54. The van der Waals surface area contributed by atoms with Crippen molar-refractivity contribution >= 4 is 23.1 Å². The summed E-state index contributed by atoms with van der Waals surface area (Å²) in [6.07, 6.45) is 0. The van der Waals surface area contributed by atoms with Gasteiger partial charge in [-0.05, 0) is 36.4 Å². The Bertz CT molecular complexity index is 921. The molecule has 0 saturated carbocycles. The minimum Gasteiger partial charge on any atom is -0.478 e. The molecule has 3 aromatic carbocycles. The largest absolute Gasteiger partial charge is 0.478 e. The van der Waals surface area contributed by atoms with Gasteiger partial charge in [0.1, 0.15) is 5.82 Å². The number of hydrogen-bond acceptors (Lipinski definition) is 3. The number of carboxylic acid groups (broad SMARTS) is 1. The lowest BCUT2D eigenvalue weighted by atomic mass is 10.0. The first-order chi connectivity index (χ1) is 12.0. The lowest BCUT2D eigenvalue weighted by Crippen LogP contribution is -2.07. The highest BCUT2D eigenvalue weighted by Crippen LogP contribution is 2.24. The number of carbonyl (C=O) groups is 2. The minimum absolute atomic E-state index is 0.0222. The smallest absolute Gasteiger partial charge is 0.337 e. The van der Waals surface area contributed by atoms with Crippen LogP contribution in [0.1, 0.15) is 26.3 Å². The van der Waals surface area contributed by atoms with Gasteiger partial charge in [0.15, 0.2) is 5.78 Å². The Labute approximate surface area is 143 Å². The molecule has 0 fully saturated rings. The van der Waals surface area contributed by atoms with E-state index in [1.165, 1.54) is 42.5 Å². The predicted molar refractivity (Wildman–Crippen MR) is 93.0 cm³/mol. The third-order valence-electron chi connectivity index (χ3n) is 3.67. The van der Waals surface area contributed by atoms with Gasteiger partial charge in [-0.3, -0.25) is 4.79 Å². The van der Waals surface area contributed by atoms with Crippen LogP contribution >= 0.6 is 0 Å². The van der Waals surface area contributed by atoms with Gasteiger partial charge in [-0.1, -0.05) is 36.4 Å². The molecule has 0 heterocycles. The molecule has 0 spiro atoms. The fraction of sp³-hybridized carbons (Fsp3) is 0. The van der Waals surface area contributed by atoms with E-state index in [4.69, 9.17) is 0 Å². The van der Waals surface area contributed by atoms with Crippen molar-refractivity contribution < 1.29 is 19.1 Å². The number of anilines is 2. The van der Waals surface area contributed by atoms with E-state index in [-0.39, 0.29) is 17.0 Å². The minimum atomic E-state index is -1.12. The van der Waals surface area contributed by atoms with Gasteiger partial charge in [-0.25, -0.2) is 9.18 Å². The van der Waals surface area contributed by atoms with Crippen molar-refractivity contribution in [2.45, 2.75) is 0 Å². The summed E-state index contributed by atoms with van der Waals surface area (Å²) in [5.41, 5.74) is 1.68. The van der Waals surface area contributed by atoms with E-state index in [1.807, 2.05) is 6.07 Å². The number of aromatic carboxylic acids is 1. The van der Waals surface area contributed by atoms with E-state index in [1.54, 1.807) is 24.3 Å². The highest BCUT2D eigenvalue weighted by atomic mass is 19.1. The molecule has 0 atom stereocenters. The molecular weight excluding hydrogens is 321 g/mol. The summed E-state index contributed by atoms with van der Waals surface area (Å²) >= 11 is 0. The molecule has 3 rings (SSSR count). The Morgan fingerprint density at radius 1 is 0.840 bits per heavy atom. The fourth-order valence-electron chi connectivity index (χ4n) is 2.42.